The number of fused-ring (bicyclic) bond motifs is 1. The van der Waals surface area contributed by atoms with E-state index < -0.39 is 0 Å². The van der Waals surface area contributed by atoms with Crippen LogP contribution in [0.15, 0.2) is 53.0 Å². The Kier molecular flexibility index (Phi) is 7.25. The second kappa shape index (κ2) is 10.4. The molecule has 0 saturated carbocycles. The lowest BCUT2D eigenvalue weighted by Gasteiger charge is -2.34. The Labute approximate surface area is 222 Å². The predicted molar refractivity (Wildman–Crippen MR) is 151 cm³/mol. The number of nitrogen functional groups attached to an aromatic ring is 1. The lowest BCUT2D eigenvalue weighted by Crippen LogP contribution is -2.48. The highest BCUT2D eigenvalue weighted by molar-refractivity contribution is 9.10. The molecule has 4 aromatic rings. The number of benzene rings is 1. The van der Waals surface area contributed by atoms with E-state index in [1.807, 2.05) is 28.4 Å². The number of thiophene rings is 2. The van der Waals surface area contributed by atoms with E-state index in [0.29, 0.717) is 29.6 Å². The van der Waals surface area contributed by atoms with Crippen molar-refractivity contribution < 1.29 is 4.79 Å². The minimum Gasteiger partial charge on any atom is -0.397 e. The average molecular weight is 570 g/mol. The third-order valence-electron chi connectivity index (χ3n) is 6.29. The van der Waals surface area contributed by atoms with Crippen molar-refractivity contribution in [3.05, 3.63) is 68.5 Å². The van der Waals surface area contributed by atoms with Gasteiger partial charge in [-0.2, -0.15) is 0 Å². The summed E-state index contributed by atoms with van der Waals surface area (Å²) in [5, 5.41) is 0.892. The first-order valence-corrected chi connectivity index (χ1v) is 14.3. The van der Waals surface area contributed by atoms with Gasteiger partial charge in [-0.15, -0.1) is 22.7 Å². The van der Waals surface area contributed by atoms with Crippen molar-refractivity contribution in [1.29, 1.82) is 0 Å². The largest absolute Gasteiger partial charge is 0.397 e. The van der Waals surface area contributed by atoms with Crippen molar-refractivity contribution >= 4 is 60.4 Å². The third-order valence-corrected chi connectivity index (χ3v) is 9.04. The van der Waals surface area contributed by atoms with Gasteiger partial charge in [-0.05, 0) is 54.3 Å². The number of aromatic nitrogens is 1. The first-order chi connectivity index (χ1) is 16.9. The number of rotatable bonds is 6. The number of nitrogens with two attached hydrogens (primary N) is 1. The van der Waals surface area contributed by atoms with Crippen LogP contribution in [0.2, 0.25) is 0 Å². The number of hydrogen-bond donors (Lipinski definition) is 1. The van der Waals surface area contributed by atoms with E-state index in [1.165, 1.54) is 26.7 Å². The summed E-state index contributed by atoms with van der Waals surface area (Å²) in [6, 6.07) is 16.9. The molecule has 5 nitrogen and oxygen atoms in total. The van der Waals surface area contributed by atoms with Gasteiger partial charge in [-0.3, -0.25) is 9.69 Å². The molecule has 0 aliphatic carbocycles. The average Bonchev–Trinajstić information content (AvgIpc) is 3.43. The third kappa shape index (κ3) is 5.45. The fourth-order valence-corrected chi connectivity index (χ4v) is 6.83. The molecule has 1 fully saturated rings. The molecule has 2 N–H and O–H groups in total. The molecule has 5 rings (SSSR count). The van der Waals surface area contributed by atoms with Crippen LogP contribution in [-0.2, 0) is 13.0 Å². The van der Waals surface area contributed by atoms with Crippen LogP contribution in [0.3, 0.4) is 0 Å². The van der Waals surface area contributed by atoms with Gasteiger partial charge in [0.2, 0.25) is 0 Å². The smallest absolute Gasteiger partial charge is 0.266 e. The number of anilines is 1. The SMILES string of the molecule is CC(C)Cc1ccc2c(N)c(C(=O)N3CCN(Cc4ccc(-c5ccc(Br)cc5)s4)CC3)sc2n1. The summed E-state index contributed by atoms with van der Waals surface area (Å²) >= 11 is 6.77. The standard InChI is InChI=1S/C27H29BrN4OS2/c1-17(2)15-20-7-9-22-24(29)25(35-26(22)30-20)27(33)32-13-11-31(12-14-32)16-21-8-10-23(34-21)18-3-5-19(28)6-4-18/h3-10,17H,11-16,29H2,1-2H3. The zero-order chi connectivity index (χ0) is 24.5. The first kappa shape index (κ1) is 24.4. The van der Waals surface area contributed by atoms with E-state index >= 15 is 0 Å². The van der Waals surface area contributed by atoms with Crippen molar-refractivity contribution in [2.24, 2.45) is 5.92 Å². The second-order valence-corrected chi connectivity index (χ2v) is 12.5. The Bertz CT molecular complexity index is 1340. The molecular formula is C27H29BrN4OS2. The molecule has 1 aliphatic rings. The Morgan fingerprint density at radius 3 is 2.49 bits per heavy atom. The molecule has 1 saturated heterocycles. The van der Waals surface area contributed by atoms with Gasteiger partial charge in [-0.25, -0.2) is 4.98 Å². The monoisotopic (exact) mass is 568 g/mol. The maximum absolute atomic E-state index is 13.3. The number of piperazine rings is 1. The van der Waals surface area contributed by atoms with Crippen LogP contribution in [0.4, 0.5) is 5.69 Å². The summed E-state index contributed by atoms with van der Waals surface area (Å²) in [5.41, 5.74) is 9.26. The Hall–Kier alpha value is -2.26. The van der Waals surface area contributed by atoms with Crippen LogP contribution in [-0.4, -0.2) is 46.9 Å². The van der Waals surface area contributed by atoms with E-state index in [9.17, 15) is 4.79 Å². The highest BCUT2D eigenvalue weighted by Gasteiger charge is 2.26. The zero-order valence-electron chi connectivity index (χ0n) is 20.0. The summed E-state index contributed by atoms with van der Waals surface area (Å²) < 4.78 is 1.09. The van der Waals surface area contributed by atoms with Gasteiger partial charge in [0.25, 0.3) is 5.91 Å². The molecule has 0 spiro atoms. The summed E-state index contributed by atoms with van der Waals surface area (Å²) in [6.07, 6.45) is 0.924. The zero-order valence-corrected chi connectivity index (χ0v) is 23.2. The highest BCUT2D eigenvalue weighted by Crippen LogP contribution is 2.34. The van der Waals surface area contributed by atoms with E-state index in [-0.39, 0.29) is 5.91 Å². The Morgan fingerprint density at radius 2 is 1.77 bits per heavy atom. The predicted octanol–water partition coefficient (Wildman–Crippen LogP) is 6.53. The molecule has 182 valence electrons. The number of carbonyl (C=O) groups excluding carboxylic acids is 1. The van der Waals surface area contributed by atoms with Crippen LogP contribution in [0.25, 0.3) is 20.7 Å². The molecule has 1 aliphatic heterocycles. The van der Waals surface area contributed by atoms with E-state index in [4.69, 9.17) is 10.7 Å². The molecule has 0 atom stereocenters. The van der Waals surface area contributed by atoms with Crippen LogP contribution >= 0.6 is 38.6 Å². The number of hydrogen-bond acceptors (Lipinski definition) is 6. The van der Waals surface area contributed by atoms with E-state index in [1.54, 1.807) is 0 Å². The topological polar surface area (TPSA) is 62.5 Å². The number of nitrogens with zero attached hydrogens (tertiary/aromatic N) is 3. The molecule has 3 aromatic heterocycles. The highest BCUT2D eigenvalue weighted by atomic mass is 79.9. The maximum atomic E-state index is 13.3. The molecular weight excluding hydrogens is 540 g/mol. The van der Waals surface area contributed by atoms with Crippen LogP contribution in [0.1, 0.15) is 34.1 Å². The van der Waals surface area contributed by atoms with E-state index in [2.05, 4.69) is 71.1 Å². The van der Waals surface area contributed by atoms with Gasteiger partial charge in [0, 0.05) is 58.0 Å². The number of amides is 1. The lowest BCUT2D eigenvalue weighted by molar-refractivity contribution is 0.0635. The summed E-state index contributed by atoms with van der Waals surface area (Å²) in [7, 11) is 0. The second-order valence-electron chi connectivity index (χ2n) is 9.44. The summed E-state index contributed by atoms with van der Waals surface area (Å²) in [5.74, 6) is 0.570. The van der Waals surface area contributed by atoms with E-state index in [0.717, 1.165) is 46.4 Å². The summed E-state index contributed by atoms with van der Waals surface area (Å²) in [6.45, 7) is 8.42. The van der Waals surface area contributed by atoms with Crippen molar-refractivity contribution in [2.75, 3.05) is 31.9 Å². The Morgan fingerprint density at radius 1 is 1.03 bits per heavy atom. The van der Waals surface area contributed by atoms with Gasteiger partial charge >= 0.3 is 0 Å². The van der Waals surface area contributed by atoms with Gasteiger partial charge in [-0.1, -0.05) is 41.9 Å². The quantitative estimate of drug-likeness (QED) is 0.287. The molecule has 0 unspecified atom stereocenters. The fraction of sp³-hybridized carbons (Fsp3) is 0.333. The normalized spacial score (nSPS) is 14.8. The van der Waals surface area contributed by atoms with Crippen LogP contribution in [0, 0.1) is 5.92 Å². The van der Waals surface area contributed by atoms with Gasteiger partial charge in [0.05, 0.1) is 5.69 Å². The fourth-order valence-electron chi connectivity index (χ4n) is 4.43. The first-order valence-electron chi connectivity index (χ1n) is 11.9. The molecule has 4 heterocycles. The van der Waals surface area contributed by atoms with Gasteiger partial charge < -0.3 is 10.6 Å². The summed E-state index contributed by atoms with van der Waals surface area (Å²) in [4.78, 5) is 26.6. The van der Waals surface area contributed by atoms with Crippen molar-refractivity contribution in [2.45, 2.75) is 26.8 Å². The number of carbonyl (C=O) groups is 1. The molecule has 0 radical (unpaired) electrons. The number of halogens is 1. The minimum absolute atomic E-state index is 0.0317. The number of pyridine rings is 1. The molecule has 8 heteroatoms. The van der Waals surface area contributed by atoms with Gasteiger partial charge in [0.1, 0.15) is 9.71 Å². The van der Waals surface area contributed by atoms with Crippen LogP contribution < -0.4 is 5.73 Å². The molecule has 0 bridgehead atoms. The van der Waals surface area contributed by atoms with Crippen molar-refractivity contribution in [1.82, 2.24) is 14.8 Å². The Balaban J connectivity index is 1.21. The minimum atomic E-state index is 0.0317. The van der Waals surface area contributed by atoms with Gasteiger partial charge in [0.15, 0.2) is 0 Å². The molecule has 1 aromatic carbocycles. The maximum Gasteiger partial charge on any atom is 0.266 e. The molecule has 1 amide bonds. The van der Waals surface area contributed by atoms with Crippen molar-refractivity contribution in [3.63, 3.8) is 0 Å². The molecule has 35 heavy (non-hydrogen) atoms. The van der Waals surface area contributed by atoms with Crippen LogP contribution in [0.5, 0.6) is 0 Å². The lowest BCUT2D eigenvalue weighted by atomic mass is 10.1. The van der Waals surface area contributed by atoms with Crippen molar-refractivity contribution in [3.8, 4) is 10.4 Å².